The number of hydrogen-bond donors (Lipinski definition) is 1. The first-order valence-corrected chi connectivity index (χ1v) is 7.01. The highest BCUT2D eigenvalue weighted by Gasteiger charge is 2.32. The van der Waals surface area contributed by atoms with Gasteiger partial charge in [-0.15, -0.1) is 0 Å². The van der Waals surface area contributed by atoms with Gasteiger partial charge in [0.15, 0.2) is 0 Å². The zero-order chi connectivity index (χ0) is 13.6. The van der Waals surface area contributed by atoms with E-state index in [9.17, 15) is 0 Å². The second-order valence-corrected chi connectivity index (χ2v) is 6.26. The summed E-state index contributed by atoms with van der Waals surface area (Å²) in [7, 11) is 0. The monoisotopic (exact) mass is 257 g/mol. The van der Waals surface area contributed by atoms with Gasteiger partial charge in [0, 0.05) is 16.8 Å². The Morgan fingerprint density at radius 1 is 0.895 bits per heavy atom. The molecule has 1 aliphatic heterocycles. The normalized spacial score (nSPS) is 15.6. The molecule has 0 unspecified atom stereocenters. The average molecular weight is 257 g/mol. The molecule has 1 heteroatoms. The molecule has 0 atom stereocenters. The molecule has 0 fully saturated rings. The van der Waals surface area contributed by atoms with Gasteiger partial charge >= 0.3 is 0 Å². The van der Waals surface area contributed by atoms with E-state index in [1.165, 1.54) is 28.1 Å². The minimum Gasteiger partial charge on any atom is -0.355 e. The molecule has 1 heterocycles. The Morgan fingerprint density at radius 2 is 1.58 bits per heavy atom. The van der Waals surface area contributed by atoms with E-state index in [4.69, 9.17) is 0 Å². The van der Waals surface area contributed by atoms with Crippen LogP contribution in [0.3, 0.4) is 0 Å². The molecule has 0 saturated carbocycles. The molecule has 19 heavy (non-hydrogen) atoms. The molecule has 0 saturated heterocycles. The summed E-state index contributed by atoms with van der Waals surface area (Å²) in [5, 5.41) is 3.56. The van der Waals surface area contributed by atoms with Crippen LogP contribution in [0.5, 0.6) is 0 Å². The van der Waals surface area contributed by atoms with Gasteiger partial charge in [0.25, 0.3) is 0 Å². The molecule has 3 rings (SSSR count). The average Bonchev–Trinajstić information content (AvgIpc) is 2.38. The van der Waals surface area contributed by atoms with Crippen LogP contribution in [-0.2, 0) is 5.41 Å². The molecule has 0 bridgehead atoms. The van der Waals surface area contributed by atoms with Crippen molar-refractivity contribution < 1.29 is 0 Å². The highest BCUT2D eigenvalue weighted by atomic mass is 15.2. The second-order valence-electron chi connectivity index (χ2n) is 6.26. The first-order valence-electron chi connectivity index (χ1n) is 7.01. The third kappa shape index (κ3) is 1.85. The van der Waals surface area contributed by atoms with Gasteiger partial charge in [0.2, 0.25) is 0 Å². The molecule has 0 spiro atoms. The van der Waals surface area contributed by atoms with Gasteiger partial charge in [-0.05, 0) is 34.7 Å². The number of nitrogens with one attached hydrogen (secondary N) is 1. The molecule has 0 amide bonds. The summed E-state index contributed by atoms with van der Waals surface area (Å²) < 4.78 is 0. The summed E-state index contributed by atoms with van der Waals surface area (Å²) >= 11 is 0. The maximum absolute atomic E-state index is 3.56. The van der Waals surface area contributed by atoms with E-state index in [1.54, 1.807) is 0 Å². The van der Waals surface area contributed by atoms with Crippen LogP contribution in [0.25, 0.3) is 0 Å². The Labute approximate surface area is 115 Å². The lowest BCUT2D eigenvalue weighted by atomic mass is 9.85. The van der Waals surface area contributed by atoms with Crippen molar-refractivity contribution in [2.24, 2.45) is 0 Å². The smallest absolute Gasteiger partial charge is 0.0426 e. The molecule has 0 aliphatic carbocycles. The van der Waals surface area contributed by atoms with Crippen LogP contribution in [0.15, 0.2) is 42.5 Å². The summed E-state index contributed by atoms with van der Waals surface area (Å²) in [5.41, 5.74) is 6.72. The maximum Gasteiger partial charge on any atom is 0.0426 e. The third-order valence-electron chi connectivity index (χ3n) is 4.25. The van der Waals surface area contributed by atoms with Crippen molar-refractivity contribution in [2.45, 2.75) is 39.0 Å². The number of benzene rings is 2. The molecule has 0 radical (unpaired) electrons. The Morgan fingerprint density at radius 3 is 2.32 bits per heavy atom. The molecule has 0 aromatic heterocycles. The van der Waals surface area contributed by atoms with Crippen LogP contribution < -0.4 is 5.32 Å². The standard InChI is InChI=1S/C18H21N/c1-12(2)13-9-10-17-15(11-13)18(3,4)14-7-5-6-8-16(14)19-17/h5-12,19H,1-4H3/i5+1,6+1,7+1,8+1,14+1,16+1. The van der Waals surface area contributed by atoms with Crippen LogP contribution in [-0.4, -0.2) is 0 Å². The predicted molar refractivity (Wildman–Crippen MR) is 82.4 cm³/mol. The Bertz CT molecular complexity index is 623. The van der Waals surface area contributed by atoms with Crippen LogP contribution in [0.1, 0.15) is 50.3 Å². The molecular weight excluding hydrogens is 236 g/mol. The van der Waals surface area contributed by atoms with E-state index in [2.05, 4.69) is 75.5 Å². The van der Waals surface area contributed by atoms with Crippen molar-refractivity contribution in [2.75, 3.05) is 5.32 Å². The van der Waals surface area contributed by atoms with E-state index in [0.29, 0.717) is 5.92 Å². The van der Waals surface area contributed by atoms with Gasteiger partial charge in [-0.25, -0.2) is 0 Å². The Balaban J connectivity index is 2.20. The van der Waals surface area contributed by atoms with Crippen molar-refractivity contribution >= 4 is 11.4 Å². The lowest BCUT2D eigenvalue weighted by molar-refractivity contribution is 0.635. The minimum atomic E-state index is 0.0576. The fourth-order valence-corrected chi connectivity index (χ4v) is 2.97. The van der Waals surface area contributed by atoms with Gasteiger partial charge in [-0.1, -0.05) is 58.0 Å². The predicted octanol–water partition coefficient (Wildman–Crippen LogP) is 5.19. The van der Waals surface area contributed by atoms with Gasteiger partial charge in [-0.3, -0.25) is 0 Å². The Kier molecular flexibility index (Phi) is 2.67. The molecule has 1 aliphatic rings. The summed E-state index contributed by atoms with van der Waals surface area (Å²) in [6.07, 6.45) is 0. The number of rotatable bonds is 1. The lowest BCUT2D eigenvalue weighted by Gasteiger charge is -2.36. The highest BCUT2D eigenvalue weighted by molar-refractivity contribution is 5.75. The zero-order valence-corrected chi connectivity index (χ0v) is 12.1. The van der Waals surface area contributed by atoms with Crippen LogP contribution >= 0.6 is 0 Å². The fraction of sp³-hybridized carbons (Fsp3) is 0.333. The van der Waals surface area contributed by atoms with Crippen LogP contribution in [0.2, 0.25) is 0 Å². The number of anilines is 2. The van der Waals surface area contributed by atoms with Gasteiger partial charge in [0.05, 0.1) is 0 Å². The van der Waals surface area contributed by atoms with E-state index >= 15 is 0 Å². The van der Waals surface area contributed by atoms with E-state index in [1.807, 2.05) is 0 Å². The SMILES string of the molecule is CC(C)c1ccc2c(c1)C(C)(C)[13c]1[13cH][13cH][13cH][13cH][13c]1N2. The third-order valence-corrected chi connectivity index (χ3v) is 4.25. The lowest BCUT2D eigenvalue weighted by Crippen LogP contribution is -2.26. The number of para-hydroxylation sites is 1. The van der Waals surface area contributed by atoms with Gasteiger partial charge in [0.1, 0.15) is 0 Å². The maximum atomic E-state index is 3.56. The second kappa shape index (κ2) is 4.12. The first kappa shape index (κ1) is 12.3. The Hall–Kier alpha value is -1.76. The van der Waals surface area contributed by atoms with Crippen LogP contribution in [0.4, 0.5) is 11.4 Å². The van der Waals surface area contributed by atoms with Gasteiger partial charge < -0.3 is 5.32 Å². The van der Waals surface area contributed by atoms with E-state index < -0.39 is 0 Å². The first-order chi connectivity index (χ1) is 9.00. The summed E-state index contributed by atoms with van der Waals surface area (Å²) in [6.45, 7) is 9.13. The zero-order valence-electron chi connectivity index (χ0n) is 12.1. The van der Waals surface area contributed by atoms with Crippen molar-refractivity contribution in [3.05, 3.63) is 59.2 Å². The topological polar surface area (TPSA) is 12.0 Å². The van der Waals surface area contributed by atoms with Crippen molar-refractivity contribution in [1.29, 1.82) is 0 Å². The molecule has 98 valence electrons. The largest absolute Gasteiger partial charge is 0.355 e. The van der Waals surface area contributed by atoms with E-state index in [0.717, 1.165) is 0 Å². The van der Waals surface area contributed by atoms with Gasteiger partial charge in [-0.2, -0.15) is 0 Å². The molecular formula is C18H21N. The quantitative estimate of drug-likeness (QED) is 0.741. The summed E-state index contributed by atoms with van der Waals surface area (Å²) in [5.74, 6) is 0.568. The minimum absolute atomic E-state index is 0.0576. The van der Waals surface area contributed by atoms with Crippen molar-refractivity contribution in [3.8, 4) is 0 Å². The highest BCUT2D eigenvalue weighted by Crippen LogP contribution is 2.45. The number of hydrogen-bond acceptors (Lipinski definition) is 1. The molecule has 2 aromatic rings. The number of fused-ring (bicyclic) bond motifs is 2. The van der Waals surface area contributed by atoms with E-state index in [-0.39, 0.29) is 5.41 Å². The van der Waals surface area contributed by atoms with Crippen LogP contribution in [0, 0.1) is 0 Å². The molecule has 1 N–H and O–H groups in total. The summed E-state index contributed by atoms with van der Waals surface area (Å²) in [6, 6.07) is 15.4. The summed E-state index contributed by atoms with van der Waals surface area (Å²) in [4.78, 5) is 0. The van der Waals surface area contributed by atoms with Crippen molar-refractivity contribution in [3.63, 3.8) is 0 Å². The van der Waals surface area contributed by atoms with Crippen molar-refractivity contribution in [1.82, 2.24) is 0 Å². The molecule has 2 aromatic carbocycles. The fourth-order valence-electron chi connectivity index (χ4n) is 2.97. The molecule has 1 nitrogen and oxygen atoms in total.